The lowest BCUT2D eigenvalue weighted by Crippen LogP contribution is -2.36. The van der Waals surface area contributed by atoms with Gasteiger partial charge in [0.05, 0.1) is 12.7 Å². The highest BCUT2D eigenvalue weighted by molar-refractivity contribution is 5.75. The van der Waals surface area contributed by atoms with Gasteiger partial charge >= 0.3 is 6.03 Å². The second-order valence-corrected chi connectivity index (χ2v) is 3.99. The van der Waals surface area contributed by atoms with Gasteiger partial charge in [-0.2, -0.15) is 0 Å². The molecule has 1 aromatic carbocycles. The number of benzene rings is 1. The highest BCUT2D eigenvalue weighted by atomic mass is 16.2. The summed E-state index contributed by atoms with van der Waals surface area (Å²) in [6.45, 7) is 2.71. The van der Waals surface area contributed by atoms with E-state index in [-0.39, 0.29) is 12.2 Å². The predicted molar refractivity (Wildman–Crippen MR) is 62.3 cm³/mol. The molecule has 1 saturated heterocycles. The van der Waals surface area contributed by atoms with E-state index in [9.17, 15) is 4.79 Å². The standard InChI is InChI=1S/C12H17N3O/c1-2-6-11-13-12(16)15(14-11)9-10-7-4-3-5-8-10/h3-5,7-8,11,14H,2,6,9H2,1H3,(H,13,16). The van der Waals surface area contributed by atoms with Crippen molar-refractivity contribution in [3.05, 3.63) is 35.9 Å². The SMILES string of the molecule is CCCC1NC(=O)N(Cc2ccccc2)N1. The van der Waals surface area contributed by atoms with E-state index in [0.717, 1.165) is 18.4 Å². The molecule has 0 aromatic heterocycles. The van der Waals surface area contributed by atoms with E-state index >= 15 is 0 Å². The summed E-state index contributed by atoms with van der Waals surface area (Å²) in [6, 6.07) is 9.92. The Kier molecular flexibility index (Phi) is 3.41. The Morgan fingerprint density at radius 3 is 2.75 bits per heavy atom. The minimum absolute atomic E-state index is 0.0395. The van der Waals surface area contributed by atoms with Gasteiger partial charge in [0.15, 0.2) is 0 Å². The maximum atomic E-state index is 11.6. The van der Waals surface area contributed by atoms with Crippen molar-refractivity contribution >= 4 is 6.03 Å². The summed E-state index contributed by atoms with van der Waals surface area (Å²) in [4.78, 5) is 11.6. The molecule has 0 spiro atoms. The summed E-state index contributed by atoms with van der Waals surface area (Å²) in [5.41, 5.74) is 4.29. The third-order valence-electron chi connectivity index (χ3n) is 2.62. The first kappa shape index (κ1) is 11.0. The third kappa shape index (κ3) is 2.52. The second kappa shape index (κ2) is 4.99. The Bertz CT molecular complexity index is 353. The molecule has 4 heteroatoms. The summed E-state index contributed by atoms with van der Waals surface area (Å²) in [5, 5.41) is 4.54. The fourth-order valence-corrected chi connectivity index (χ4v) is 1.81. The molecule has 2 amide bonds. The molecule has 1 aliphatic rings. The zero-order valence-electron chi connectivity index (χ0n) is 9.44. The Morgan fingerprint density at radius 2 is 2.06 bits per heavy atom. The van der Waals surface area contributed by atoms with Gasteiger partial charge in [-0.1, -0.05) is 43.7 Å². The van der Waals surface area contributed by atoms with Gasteiger partial charge < -0.3 is 5.32 Å². The molecule has 2 N–H and O–H groups in total. The molecule has 1 aliphatic heterocycles. The normalized spacial score (nSPS) is 19.9. The molecule has 1 atom stereocenters. The van der Waals surface area contributed by atoms with Gasteiger partial charge in [-0.3, -0.25) is 5.01 Å². The minimum Gasteiger partial charge on any atom is -0.320 e. The molecule has 0 aliphatic carbocycles. The Morgan fingerprint density at radius 1 is 1.31 bits per heavy atom. The van der Waals surface area contributed by atoms with Crippen LogP contribution in [0.15, 0.2) is 30.3 Å². The molecular formula is C12H17N3O. The van der Waals surface area contributed by atoms with Gasteiger partial charge in [0, 0.05) is 0 Å². The van der Waals surface area contributed by atoms with E-state index in [0.29, 0.717) is 6.54 Å². The third-order valence-corrected chi connectivity index (χ3v) is 2.62. The lowest BCUT2D eigenvalue weighted by atomic mass is 10.2. The van der Waals surface area contributed by atoms with E-state index in [2.05, 4.69) is 17.7 Å². The van der Waals surface area contributed by atoms with E-state index in [1.165, 1.54) is 0 Å². The summed E-state index contributed by atoms with van der Waals surface area (Å²) < 4.78 is 0. The van der Waals surface area contributed by atoms with Gasteiger partial charge in [-0.15, -0.1) is 0 Å². The molecular weight excluding hydrogens is 202 g/mol. The molecule has 0 saturated carbocycles. The minimum atomic E-state index is -0.0395. The summed E-state index contributed by atoms with van der Waals surface area (Å²) >= 11 is 0. The molecule has 4 nitrogen and oxygen atoms in total. The van der Waals surface area contributed by atoms with Crippen molar-refractivity contribution in [1.82, 2.24) is 15.8 Å². The number of nitrogens with zero attached hydrogens (tertiary/aromatic N) is 1. The first-order valence-corrected chi connectivity index (χ1v) is 5.67. The Hall–Kier alpha value is -1.55. The zero-order valence-corrected chi connectivity index (χ0v) is 9.44. The van der Waals surface area contributed by atoms with Crippen molar-refractivity contribution in [1.29, 1.82) is 0 Å². The maximum absolute atomic E-state index is 11.6. The largest absolute Gasteiger partial charge is 0.333 e. The van der Waals surface area contributed by atoms with E-state index < -0.39 is 0 Å². The number of nitrogens with one attached hydrogen (secondary N) is 2. The Balaban J connectivity index is 1.94. The lowest BCUT2D eigenvalue weighted by Gasteiger charge is -2.15. The fourth-order valence-electron chi connectivity index (χ4n) is 1.81. The quantitative estimate of drug-likeness (QED) is 0.811. The van der Waals surface area contributed by atoms with Crippen molar-refractivity contribution in [2.75, 3.05) is 0 Å². The van der Waals surface area contributed by atoms with Crippen LogP contribution in [0.25, 0.3) is 0 Å². The Labute approximate surface area is 95.6 Å². The van der Waals surface area contributed by atoms with Crippen LogP contribution in [0.3, 0.4) is 0 Å². The number of amides is 2. The van der Waals surface area contributed by atoms with Crippen LogP contribution in [0.2, 0.25) is 0 Å². The van der Waals surface area contributed by atoms with Crippen molar-refractivity contribution in [2.24, 2.45) is 0 Å². The fraction of sp³-hybridized carbons (Fsp3) is 0.417. The molecule has 0 bridgehead atoms. The summed E-state index contributed by atoms with van der Waals surface area (Å²) in [5.74, 6) is 0. The molecule has 2 rings (SSSR count). The topological polar surface area (TPSA) is 44.4 Å². The van der Waals surface area contributed by atoms with Crippen LogP contribution in [-0.4, -0.2) is 17.2 Å². The molecule has 1 aromatic rings. The van der Waals surface area contributed by atoms with Crippen LogP contribution in [0.4, 0.5) is 4.79 Å². The maximum Gasteiger partial charge on any atom is 0.333 e. The number of rotatable bonds is 4. The molecule has 86 valence electrons. The van der Waals surface area contributed by atoms with Crippen LogP contribution < -0.4 is 10.7 Å². The van der Waals surface area contributed by atoms with Crippen LogP contribution in [0.1, 0.15) is 25.3 Å². The summed E-state index contributed by atoms with van der Waals surface area (Å²) in [6.07, 6.45) is 2.09. The van der Waals surface area contributed by atoms with Crippen molar-refractivity contribution < 1.29 is 4.79 Å². The van der Waals surface area contributed by atoms with Gasteiger partial charge in [0.2, 0.25) is 0 Å². The first-order chi connectivity index (χ1) is 7.79. The van der Waals surface area contributed by atoms with E-state index in [1.54, 1.807) is 5.01 Å². The van der Waals surface area contributed by atoms with Crippen LogP contribution in [-0.2, 0) is 6.54 Å². The van der Waals surface area contributed by atoms with Crippen LogP contribution in [0, 0.1) is 0 Å². The highest BCUT2D eigenvalue weighted by Gasteiger charge is 2.26. The number of hydrogen-bond donors (Lipinski definition) is 2. The second-order valence-electron chi connectivity index (χ2n) is 3.99. The molecule has 16 heavy (non-hydrogen) atoms. The first-order valence-electron chi connectivity index (χ1n) is 5.67. The average Bonchev–Trinajstić information content (AvgIpc) is 2.61. The van der Waals surface area contributed by atoms with Crippen LogP contribution in [0.5, 0.6) is 0 Å². The lowest BCUT2D eigenvalue weighted by molar-refractivity contribution is 0.194. The van der Waals surface area contributed by atoms with E-state index in [4.69, 9.17) is 0 Å². The zero-order chi connectivity index (χ0) is 11.4. The van der Waals surface area contributed by atoms with Gasteiger partial charge in [0.25, 0.3) is 0 Å². The molecule has 1 fully saturated rings. The molecule has 1 heterocycles. The molecule has 1 unspecified atom stereocenters. The van der Waals surface area contributed by atoms with Crippen LogP contribution >= 0.6 is 0 Å². The van der Waals surface area contributed by atoms with Crippen molar-refractivity contribution in [3.63, 3.8) is 0 Å². The number of hydrazine groups is 1. The van der Waals surface area contributed by atoms with Gasteiger partial charge in [0.1, 0.15) is 0 Å². The number of carbonyl (C=O) groups is 1. The van der Waals surface area contributed by atoms with E-state index in [1.807, 2.05) is 30.3 Å². The number of hydrogen-bond acceptors (Lipinski definition) is 2. The number of carbonyl (C=O) groups excluding carboxylic acids is 1. The van der Waals surface area contributed by atoms with Crippen molar-refractivity contribution in [2.45, 2.75) is 32.5 Å². The summed E-state index contributed by atoms with van der Waals surface area (Å²) in [7, 11) is 0. The monoisotopic (exact) mass is 219 g/mol. The average molecular weight is 219 g/mol. The van der Waals surface area contributed by atoms with Gasteiger partial charge in [-0.25, -0.2) is 10.2 Å². The van der Waals surface area contributed by atoms with Crippen molar-refractivity contribution in [3.8, 4) is 0 Å². The predicted octanol–water partition coefficient (Wildman–Crippen LogP) is 1.84. The molecule has 0 radical (unpaired) electrons. The highest BCUT2D eigenvalue weighted by Crippen LogP contribution is 2.08. The van der Waals surface area contributed by atoms with Gasteiger partial charge in [-0.05, 0) is 12.0 Å². The number of urea groups is 1. The smallest absolute Gasteiger partial charge is 0.320 e.